The number of piperidine rings is 1. The van der Waals surface area contributed by atoms with Gasteiger partial charge in [-0.25, -0.2) is 4.98 Å². The molecule has 0 unspecified atom stereocenters. The molecule has 0 radical (unpaired) electrons. The van der Waals surface area contributed by atoms with Gasteiger partial charge in [0.1, 0.15) is 11.6 Å². The molecule has 202 valence electrons. The lowest BCUT2D eigenvalue weighted by Crippen LogP contribution is -2.39. The molecule has 3 aliphatic heterocycles. The topological polar surface area (TPSA) is 92.2 Å². The molecule has 6 rings (SSSR count). The summed E-state index contributed by atoms with van der Waals surface area (Å²) < 4.78 is 8.03. The van der Waals surface area contributed by atoms with Crippen LogP contribution in [0.5, 0.6) is 5.75 Å². The highest BCUT2D eigenvalue weighted by Crippen LogP contribution is 2.38. The number of hydrogen-bond acceptors (Lipinski definition) is 7. The molecule has 2 aromatic heterocycles. The molecule has 2 bridgehead atoms. The zero-order valence-electron chi connectivity index (χ0n) is 21.6. The van der Waals surface area contributed by atoms with Crippen molar-refractivity contribution in [3.05, 3.63) is 45.6 Å². The van der Waals surface area contributed by atoms with Crippen LogP contribution in [0.2, 0.25) is 10.0 Å². The van der Waals surface area contributed by atoms with E-state index in [0.717, 1.165) is 81.1 Å². The summed E-state index contributed by atoms with van der Waals surface area (Å²) in [6, 6.07) is 7.41. The van der Waals surface area contributed by atoms with Crippen LogP contribution in [0.1, 0.15) is 60.6 Å². The Hall–Kier alpha value is -2.75. The molecule has 11 heteroatoms. The highest BCUT2D eigenvalue weighted by molar-refractivity contribution is 6.36. The Labute approximate surface area is 232 Å². The minimum Gasteiger partial charge on any atom is -0.491 e. The molecule has 0 aliphatic carbocycles. The van der Waals surface area contributed by atoms with Gasteiger partial charge in [-0.1, -0.05) is 23.2 Å². The van der Waals surface area contributed by atoms with Gasteiger partial charge < -0.3 is 25.2 Å². The van der Waals surface area contributed by atoms with Gasteiger partial charge in [0.15, 0.2) is 11.4 Å². The van der Waals surface area contributed by atoms with Crippen molar-refractivity contribution in [1.82, 2.24) is 19.5 Å². The van der Waals surface area contributed by atoms with Crippen LogP contribution < -0.4 is 20.3 Å². The molecule has 3 aliphatic rings. The van der Waals surface area contributed by atoms with Gasteiger partial charge in [0, 0.05) is 56.4 Å². The van der Waals surface area contributed by atoms with Gasteiger partial charge in [-0.2, -0.15) is 9.61 Å². The molecule has 38 heavy (non-hydrogen) atoms. The largest absolute Gasteiger partial charge is 0.491 e. The average molecular weight is 559 g/mol. The number of carbonyl (C=O) groups excluding carboxylic acids is 1. The van der Waals surface area contributed by atoms with E-state index in [2.05, 4.69) is 22.9 Å². The van der Waals surface area contributed by atoms with Crippen LogP contribution in [0, 0.1) is 0 Å². The number of anilines is 2. The number of hydrogen-bond donors (Lipinski definition) is 1. The molecule has 2 atom stereocenters. The smallest absolute Gasteiger partial charge is 0.258 e. The third-order valence-electron chi connectivity index (χ3n) is 7.83. The predicted octanol–water partition coefficient (Wildman–Crippen LogP) is 4.55. The number of fused-ring (bicyclic) bond motifs is 4. The molecule has 1 aromatic carbocycles. The maximum Gasteiger partial charge on any atom is 0.258 e. The highest BCUT2D eigenvalue weighted by atomic mass is 35.5. The van der Waals surface area contributed by atoms with Crippen LogP contribution in [0.3, 0.4) is 0 Å². The van der Waals surface area contributed by atoms with Crippen molar-refractivity contribution in [3.8, 4) is 5.75 Å². The molecule has 2 N–H and O–H groups in total. The van der Waals surface area contributed by atoms with E-state index in [0.29, 0.717) is 34.5 Å². The number of nitrogens with zero attached hydrogens (tertiary/aromatic N) is 6. The Morgan fingerprint density at radius 2 is 1.87 bits per heavy atom. The zero-order chi connectivity index (χ0) is 26.4. The van der Waals surface area contributed by atoms with Crippen molar-refractivity contribution in [2.75, 3.05) is 49.6 Å². The summed E-state index contributed by atoms with van der Waals surface area (Å²) in [5.41, 5.74) is 8.22. The second kappa shape index (κ2) is 10.4. The molecule has 2 fully saturated rings. The Kier molecular flexibility index (Phi) is 7.01. The number of amides is 1. The minimum atomic E-state index is -0.185. The van der Waals surface area contributed by atoms with Gasteiger partial charge in [0.25, 0.3) is 5.91 Å². The third kappa shape index (κ3) is 4.76. The van der Waals surface area contributed by atoms with Crippen molar-refractivity contribution in [2.24, 2.45) is 5.73 Å². The number of halogens is 2. The van der Waals surface area contributed by atoms with E-state index in [1.54, 1.807) is 12.1 Å². The fourth-order valence-electron chi connectivity index (χ4n) is 5.80. The monoisotopic (exact) mass is 557 g/mol. The number of ether oxygens (including phenoxy) is 1. The number of benzene rings is 1. The minimum absolute atomic E-state index is 0.141. The summed E-state index contributed by atoms with van der Waals surface area (Å²) in [6.45, 7) is 3.57. The second-order valence-corrected chi connectivity index (χ2v) is 11.4. The molecular weight excluding hydrogens is 525 g/mol. The Morgan fingerprint density at radius 1 is 1.03 bits per heavy atom. The second-order valence-electron chi connectivity index (χ2n) is 10.6. The van der Waals surface area contributed by atoms with Crippen molar-refractivity contribution in [2.45, 2.75) is 50.6 Å². The third-order valence-corrected chi connectivity index (χ3v) is 8.33. The Morgan fingerprint density at radius 3 is 2.68 bits per heavy atom. The van der Waals surface area contributed by atoms with Crippen LogP contribution >= 0.6 is 23.2 Å². The molecule has 1 amide bonds. The lowest BCUT2D eigenvalue weighted by atomic mass is 9.98. The number of carbonyl (C=O) groups is 1. The van der Waals surface area contributed by atoms with Gasteiger partial charge in [-0.05, 0) is 50.7 Å². The van der Waals surface area contributed by atoms with Crippen LogP contribution in [-0.2, 0) is 0 Å². The Balaban J connectivity index is 1.47. The van der Waals surface area contributed by atoms with Crippen molar-refractivity contribution in [3.63, 3.8) is 0 Å². The number of aromatic nitrogens is 3. The van der Waals surface area contributed by atoms with Crippen LogP contribution in [0.15, 0.2) is 24.3 Å². The average Bonchev–Trinajstić information content (AvgIpc) is 3.54. The summed E-state index contributed by atoms with van der Waals surface area (Å²) in [5.74, 6) is 2.15. The van der Waals surface area contributed by atoms with E-state index in [1.807, 2.05) is 15.5 Å². The first-order chi connectivity index (χ1) is 18.4. The van der Waals surface area contributed by atoms with E-state index in [9.17, 15) is 4.79 Å². The Bertz CT molecular complexity index is 1360. The highest BCUT2D eigenvalue weighted by Gasteiger charge is 2.33. The molecule has 0 spiro atoms. The normalized spacial score (nSPS) is 22.7. The van der Waals surface area contributed by atoms with Gasteiger partial charge in [-0.3, -0.25) is 4.79 Å². The number of rotatable bonds is 1. The summed E-state index contributed by atoms with van der Waals surface area (Å²) in [5, 5.41) is 5.80. The maximum absolute atomic E-state index is 14.0. The van der Waals surface area contributed by atoms with Crippen molar-refractivity contribution >= 4 is 46.4 Å². The van der Waals surface area contributed by atoms with E-state index in [4.69, 9.17) is 43.8 Å². The first kappa shape index (κ1) is 25.5. The van der Waals surface area contributed by atoms with Gasteiger partial charge in [0.2, 0.25) is 0 Å². The maximum atomic E-state index is 14.0. The molecule has 5 heterocycles. The first-order valence-electron chi connectivity index (χ1n) is 13.4. The van der Waals surface area contributed by atoms with Crippen LogP contribution in [0.4, 0.5) is 11.6 Å². The predicted molar refractivity (Wildman–Crippen MR) is 150 cm³/mol. The van der Waals surface area contributed by atoms with Gasteiger partial charge in [0.05, 0.1) is 28.9 Å². The SMILES string of the molecule is CN1CCCCOc2c(Cl)cc(Cl)cc2C(=O)N2CCCC[C@H]2c2cc3nc(N4CC[C@H](N)C4)cc1n3n2. The van der Waals surface area contributed by atoms with E-state index < -0.39 is 0 Å². The summed E-state index contributed by atoms with van der Waals surface area (Å²) in [7, 11) is 2.08. The summed E-state index contributed by atoms with van der Waals surface area (Å²) in [6.07, 6.45) is 5.40. The van der Waals surface area contributed by atoms with Crippen molar-refractivity contribution < 1.29 is 9.53 Å². The van der Waals surface area contributed by atoms with Crippen LogP contribution in [-0.4, -0.2) is 71.3 Å². The summed E-state index contributed by atoms with van der Waals surface area (Å²) >= 11 is 12.9. The standard InChI is InChI=1S/C27H33Cl2N7O2/c1-33-8-4-5-11-38-26-19(12-17(28)13-20(26)29)27(37)35-9-3-2-6-22(35)21-14-24-31-23(15-25(33)36(24)32-21)34-10-7-18(30)16-34/h12-15,18,22H,2-11,16,30H2,1H3/t18-,22-/m0/s1. The van der Waals surface area contributed by atoms with E-state index >= 15 is 0 Å². The van der Waals surface area contributed by atoms with Crippen LogP contribution in [0.25, 0.3) is 5.65 Å². The first-order valence-corrected chi connectivity index (χ1v) is 14.2. The fourth-order valence-corrected chi connectivity index (χ4v) is 6.35. The quantitative estimate of drug-likeness (QED) is 0.469. The molecule has 9 nitrogen and oxygen atoms in total. The molecule has 2 saturated heterocycles. The molecule has 0 saturated carbocycles. The van der Waals surface area contributed by atoms with E-state index in [-0.39, 0.29) is 18.0 Å². The summed E-state index contributed by atoms with van der Waals surface area (Å²) in [4.78, 5) is 25.4. The van der Waals surface area contributed by atoms with Crippen molar-refractivity contribution in [1.29, 1.82) is 0 Å². The van der Waals surface area contributed by atoms with Gasteiger partial charge in [-0.15, -0.1) is 0 Å². The molecule has 3 aromatic rings. The fraction of sp³-hybridized carbons (Fsp3) is 0.519. The zero-order valence-corrected chi connectivity index (χ0v) is 23.1. The van der Waals surface area contributed by atoms with E-state index in [1.165, 1.54) is 0 Å². The van der Waals surface area contributed by atoms with Gasteiger partial charge >= 0.3 is 0 Å². The number of nitrogens with two attached hydrogens (primary N) is 1. The molecular formula is C27H33Cl2N7O2. The lowest BCUT2D eigenvalue weighted by Gasteiger charge is -2.35. The lowest BCUT2D eigenvalue weighted by molar-refractivity contribution is 0.0601.